The molecule has 0 atom stereocenters. The molecule has 0 radical (unpaired) electrons. The molecule has 6 heteroatoms. The van der Waals surface area contributed by atoms with Crippen LogP contribution < -0.4 is 15.2 Å². The van der Waals surface area contributed by atoms with Crippen molar-refractivity contribution < 1.29 is 13.9 Å². The number of halogens is 2. The average molecular weight is 295 g/mol. The van der Waals surface area contributed by atoms with Gasteiger partial charge in [0.2, 0.25) is 0 Å². The predicted molar refractivity (Wildman–Crippen MR) is 75.5 cm³/mol. The number of methoxy groups -OCH3 is 1. The lowest BCUT2D eigenvalue weighted by molar-refractivity contribution is 0.405. The summed E-state index contributed by atoms with van der Waals surface area (Å²) in [4.78, 5) is 0. The Bertz CT molecular complexity index is 662. The lowest BCUT2D eigenvalue weighted by Gasteiger charge is -2.12. The van der Waals surface area contributed by atoms with Gasteiger partial charge in [0, 0.05) is 6.07 Å². The standard InChI is InChI=1S/C14H12ClFN2O2/c1-19-8-5-6-9(14(17)18)12(7-8)20-11-4-2-3-10(15)13(11)16/h2-7H,1H3,(H3,17,18). The maximum atomic E-state index is 13.8. The molecule has 0 bridgehead atoms. The van der Waals surface area contributed by atoms with E-state index >= 15 is 0 Å². The van der Waals surface area contributed by atoms with Gasteiger partial charge in [-0.25, -0.2) is 4.39 Å². The van der Waals surface area contributed by atoms with Gasteiger partial charge in [-0.3, -0.25) is 5.41 Å². The van der Waals surface area contributed by atoms with Gasteiger partial charge in [0.15, 0.2) is 11.6 Å². The summed E-state index contributed by atoms with van der Waals surface area (Å²) in [6, 6.07) is 9.15. The maximum Gasteiger partial charge on any atom is 0.184 e. The topological polar surface area (TPSA) is 68.3 Å². The molecule has 0 fully saturated rings. The van der Waals surface area contributed by atoms with Crippen LogP contribution in [0.4, 0.5) is 4.39 Å². The summed E-state index contributed by atoms with van der Waals surface area (Å²) in [5.41, 5.74) is 5.81. The van der Waals surface area contributed by atoms with Gasteiger partial charge in [-0.15, -0.1) is 0 Å². The van der Waals surface area contributed by atoms with E-state index in [1.807, 2.05) is 0 Å². The summed E-state index contributed by atoms with van der Waals surface area (Å²) >= 11 is 5.69. The van der Waals surface area contributed by atoms with Crippen molar-refractivity contribution in [2.45, 2.75) is 0 Å². The van der Waals surface area contributed by atoms with Crippen molar-refractivity contribution >= 4 is 17.4 Å². The SMILES string of the molecule is COc1ccc(C(=N)N)c(Oc2cccc(Cl)c2F)c1. The van der Waals surface area contributed by atoms with Crippen molar-refractivity contribution in [3.05, 3.63) is 52.8 Å². The molecule has 3 N–H and O–H groups in total. The van der Waals surface area contributed by atoms with Crippen molar-refractivity contribution in [1.82, 2.24) is 0 Å². The van der Waals surface area contributed by atoms with E-state index in [4.69, 9.17) is 32.2 Å². The highest BCUT2D eigenvalue weighted by molar-refractivity contribution is 6.30. The number of ether oxygens (including phenoxy) is 2. The van der Waals surface area contributed by atoms with Crippen LogP contribution in [-0.4, -0.2) is 12.9 Å². The zero-order chi connectivity index (χ0) is 14.7. The second-order valence-electron chi connectivity index (χ2n) is 3.93. The van der Waals surface area contributed by atoms with Crippen molar-refractivity contribution in [3.8, 4) is 17.2 Å². The Balaban J connectivity index is 2.46. The zero-order valence-corrected chi connectivity index (χ0v) is 11.4. The highest BCUT2D eigenvalue weighted by Crippen LogP contribution is 2.32. The number of nitrogens with one attached hydrogen (secondary N) is 1. The number of nitrogen functional groups attached to an aromatic ring is 1. The number of hydrogen-bond acceptors (Lipinski definition) is 3. The number of nitrogens with two attached hydrogens (primary N) is 1. The van der Waals surface area contributed by atoms with Gasteiger partial charge in [0.1, 0.15) is 17.3 Å². The van der Waals surface area contributed by atoms with Gasteiger partial charge in [0.05, 0.1) is 17.7 Å². The molecule has 0 aliphatic heterocycles. The predicted octanol–water partition coefficient (Wildman–Crippen LogP) is 3.56. The summed E-state index contributed by atoms with van der Waals surface area (Å²) in [5, 5.41) is 7.46. The molecule has 20 heavy (non-hydrogen) atoms. The lowest BCUT2D eigenvalue weighted by Crippen LogP contribution is -2.12. The van der Waals surface area contributed by atoms with Gasteiger partial charge < -0.3 is 15.2 Å². The van der Waals surface area contributed by atoms with E-state index in [1.54, 1.807) is 18.2 Å². The summed E-state index contributed by atoms with van der Waals surface area (Å²) in [6.07, 6.45) is 0. The summed E-state index contributed by atoms with van der Waals surface area (Å²) in [7, 11) is 1.49. The largest absolute Gasteiger partial charge is 0.497 e. The molecule has 2 aromatic carbocycles. The fourth-order valence-corrected chi connectivity index (χ4v) is 1.78. The highest BCUT2D eigenvalue weighted by Gasteiger charge is 2.13. The van der Waals surface area contributed by atoms with Crippen LogP contribution in [0, 0.1) is 11.2 Å². The first-order valence-electron chi connectivity index (χ1n) is 5.67. The third kappa shape index (κ3) is 2.83. The van der Waals surface area contributed by atoms with Crippen LogP contribution in [0.25, 0.3) is 0 Å². The first-order valence-corrected chi connectivity index (χ1v) is 6.05. The Hall–Kier alpha value is -2.27. The number of hydrogen-bond donors (Lipinski definition) is 2. The molecule has 0 amide bonds. The molecule has 2 aromatic rings. The van der Waals surface area contributed by atoms with E-state index in [2.05, 4.69) is 0 Å². The first-order chi connectivity index (χ1) is 9.52. The van der Waals surface area contributed by atoms with Crippen LogP contribution in [0.3, 0.4) is 0 Å². The maximum absolute atomic E-state index is 13.8. The van der Waals surface area contributed by atoms with Crippen LogP contribution in [-0.2, 0) is 0 Å². The van der Waals surface area contributed by atoms with E-state index < -0.39 is 5.82 Å². The van der Waals surface area contributed by atoms with E-state index in [-0.39, 0.29) is 22.4 Å². The van der Waals surface area contributed by atoms with E-state index in [0.717, 1.165) is 0 Å². The van der Waals surface area contributed by atoms with Crippen molar-refractivity contribution in [2.24, 2.45) is 5.73 Å². The Morgan fingerprint density at radius 1 is 1.25 bits per heavy atom. The Morgan fingerprint density at radius 3 is 2.65 bits per heavy atom. The number of rotatable bonds is 4. The number of amidine groups is 1. The van der Waals surface area contributed by atoms with Gasteiger partial charge in [-0.2, -0.15) is 0 Å². The fourth-order valence-electron chi connectivity index (χ4n) is 1.62. The molecule has 0 heterocycles. The van der Waals surface area contributed by atoms with Crippen molar-refractivity contribution in [3.63, 3.8) is 0 Å². The molecule has 0 unspecified atom stereocenters. The fraction of sp³-hybridized carbons (Fsp3) is 0.0714. The first kappa shape index (κ1) is 14.1. The van der Waals surface area contributed by atoms with Gasteiger partial charge in [-0.1, -0.05) is 17.7 Å². The minimum Gasteiger partial charge on any atom is -0.497 e. The van der Waals surface area contributed by atoms with Crippen LogP contribution in [0.15, 0.2) is 36.4 Å². The molecular formula is C14H12ClFN2O2. The molecule has 0 aliphatic carbocycles. The Labute approximate surface area is 120 Å². The van der Waals surface area contributed by atoms with Crippen LogP contribution in [0.5, 0.6) is 17.2 Å². The second-order valence-corrected chi connectivity index (χ2v) is 4.34. The smallest absolute Gasteiger partial charge is 0.184 e. The molecule has 0 aromatic heterocycles. The van der Waals surface area contributed by atoms with E-state index in [1.165, 1.54) is 25.3 Å². The van der Waals surface area contributed by atoms with E-state index in [0.29, 0.717) is 11.3 Å². The minimum absolute atomic E-state index is 0.0465. The molecular weight excluding hydrogens is 283 g/mol. The Morgan fingerprint density at radius 2 is 2.00 bits per heavy atom. The molecule has 4 nitrogen and oxygen atoms in total. The average Bonchev–Trinajstić information content (AvgIpc) is 2.43. The third-order valence-electron chi connectivity index (χ3n) is 2.62. The van der Waals surface area contributed by atoms with Crippen LogP contribution in [0.1, 0.15) is 5.56 Å². The quantitative estimate of drug-likeness (QED) is 0.669. The lowest BCUT2D eigenvalue weighted by atomic mass is 10.1. The van der Waals surface area contributed by atoms with Crippen molar-refractivity contribution in [2.75, 3.05) is 7.11 Å². The Kier molecular flexibility index (Phi) is 4.10. The van der Waals surface area contributed by atoms with Gasteiger partial charge >= 0.3 is 0 Å². The summed E-state index contributed by atoms with van der Waals surface area (Å²) < 4.78 is 24.4. The molecule has 0 aliphatic rings. The molecule has 0 saturated heterocycles. The van der Waals surface area contributed by atoms with Crippen LogP contribution >= 0.6 is 11.6 Å². The monoisotopic (exact) mass is 294 g/mol. The minimum atomic E-state index is -0.675. The van der Waals surface area contributed by atoms with E-state index in [9.17, 15) is 4.39 Å². The van der Waals surface area contributed by atoms with Gasteiger partial charge in [-0.05, 0) is 24.3 Å². The summed E-state index contributed by atoms with van der Waals surface area (Å²) in [5.74, 6) is -0.185. The molecule has 0 saturated carbocycles. The summed E-state index contributed by atoms with van der Waals surface area (Å²) in [6.45, 7) is 0. The normalized spacial score (nSPS) is 10.2. The third-order valence-corrected chi connectivity index (χ3v) is 2.91. The van der Waals surface area contributed by atoms with Crippen molar-refractivity contribution in [1.29, 1.82) is 5.41 Å². The molecule has 104 valence electrons. The van der Waals surface area contributed by atoms with Crippen LogP contribution in [0.2, 0.25) is 5.02 Å². The second kappa shape index (κ2) is 5.79. The molecule has 0 spiro atoms. The molecule has 2 rings (SSSR count). The highest BCUT2D eigenvalue weighted by atomic mass is 35.5. The number of benzene rings is 2. The zero-order valence-electron chi connectivity index (χ0n) is 10.6. The van der Waals surface area contributed by atoms with Gasteiger partial charge in [0.25, 0.3) is 0 Å².